The van der Waals surface area contributed by atoms with Crippen molar-refractivity contribution in [2.24, 2.45) is 10.8 Å². The van der Waals surface area contributed by atoms with E-state index in [-0.39, 0.29) is 5.97 Å². The molecule has 0 unspecified atom stereocenters. The van der Waals surface area contributed by atoms with Crippen LogP contribution in [0.1, 0.15) is 34.1 Å². The number of ether oxygens (including phenoxy) is 1. The Balaban J connectivity index is 2.26. The number of hydrogen-bond acceptors (Lipinski definition) is 3. The zero-order chi connectivity index (χ0) is 11.0. The molecule has 3 nitrogen and oxygen atoms in total. The van der Waals surface area contributed by atoms with Crippen molar-refractivity contribution in [3.63, 3.8) is 0 Å². The van der Waals surface area contributed by atoms with Gasteiger partial charge in [-0.15, -0.1) is 0 Å². The van der Waals surface area contributed by atoms with Gasteiger partial charge in [-0.2, -0.15) is 0 Å². The smallest absolute Gasteiger partial charge is 0.306 e. The van der Waals surface area contributed by atoms with Gasteiger partial charge < -0.3 is 10.1 Å². The van der Waals surface area contributed by atoms with Crippen LogP contribution in [0.5, 0.6) is 0 Å². The van der Waals surface area contributed by atoms with Gasteiger partial charge in [-0.25, -0.2) is 0 Å². The highest BCUT2D eigenvalue weighted by molar-refractivity contribution is 5.69. The molecular weight excluding hydrogens is 178 g/mol. The summed E-state index contributed by atoms with van der Waals surface area (Å²) in [6.45, 7) is 9.72. The van der Waals surface area contributed by atoms with Crippen LogP contribution >= 0.6 is 0 Å². The minimum absolute atomic E-state index is 0.145. The Hall–Kier alpha value is -0.570. The van der Waals surface area contributed by atoms with E-state index < -0.39 is 0 Å². The second-order valence-electron chi connectivity index (χ2n) is 5.16. The monoisotopic (exact) mass is 199 g/mol. The number of methoxy groups -OCH3 is 1. The molecule has 1 fully saturated rings. The second-order valence-corrected chi connectivity index (χ2v) is 5.16. The quantitative estimate of drug-likeness (QED) is 0.698. The van der Waals surface area contributed by atoms with E-state index in [1.807, 2.05) is 0 Å². The van der Waals surface area contributed by atoms with Gasteiger partial charge in [-0.3, -0.25) is 4.79 Å². The van der Waals surface area contributed by atoms with Gasteiger partial charge in [0, 0.05) is 12.6 Å². The lowest BCUT2D eigenvalue weighted by atomic mass is 10.0. The van der Waals surface area contributed by atoms with Crippen LogP contribution in [0.15, 0.2) is 0 Å². The summed E-state index contributed by atoms with van der Waals surface area (Å²) in [7, 11) is 1.42. The second kappa shape index (κ2) is 3.54. The van der Waals surface area contributed by atoms with Crippen molar-refractivity contribution in [2.45, 2.75) is 40.2 Å². The molecule has 0 spiro atoms. The predicted octanol–water partition coefficient (Wildman–Crippen LogP) is 1.57. The van der Waals surface area contributed by atoms with Gasteiger partial charge in [0.15, 0.2) is 0 Å². The summed E-state index contributed by atoms with van der Waals surface area (Å²) in [6.07, 6.45) is 0.458. The molecule has 0 aromatic heterocycles. The van der Waals surface area contributed by atoms with Gasteiger partial charge in [0.25, 0.3) is 0 Å². The van der Waals surface area contributed by atoms with E-state index in [0.717, 1.165) is 0 Å². The van der Waals surface area contributed by atoms with Crippen LogP contribution < -0.4 is 5.32 Å². The van der Waals surface area contributed by atoms with Crippen molar-refractivity contribution in [1.29, 1.82) is 0 Å². The van der Waals surface area contributed by atoms with E-state index in [0.29, 0.717) is 29.8 Å². The van der Waals surface area contributed by atoms with E-state index >= 15 is 0 Å². The number of hydrogen-bond donors (Lipinski definition) is 1. The van der Waals surface area contributed by atoms with Crippen LogP contribution in [0, 0.1) is 10.8 Å². The lowest BCUT2D eigenvalue weighted by Gasteiger charge is -2.04. The molecule has 1 aliphatic carbocycles. The van der Waals surface area contributed by atoms with Gasteiger partial charge >= 0.3 is 5.97 Å². The van der Waals surface area contributed by atoms with Crippen molar-refractivity contribution < 1.29 is 9.53 Å². The first-order chi connectivity index (χ1) is 6.34. The Morgan fingerprint density at radius 2 is 1.79 bits per heavy atom. The normalized spacial score (nSPS) is 23.2. The minimum atomic E-state index is -0.145. The van der Waals surface area contributed by atoms with Crippen molar-refractivity contribution in [3.05, 3.63) is 0 Å². The fourth-order valence-corrected chi connectivity index (χ4v) is 2.13. The zero-order valence-corrected chi connectivity index (χ0v) is 9.81. The Morgan fingerprint density at radius 1 is 1.29 bits per heavy atom. The minimum Gasteiger partial charge on any atom is -0.469 e. The Labute approximate surface area is 86.2 Å². The van der Waals surface area contributed by atoms with Gasteiger partial charge in [-0.1, -0.05) is 27.7 Å². The number of esters is 1. The number of nitrogens with one attached hydrogen (secondary N) is 1. The van der Waals surface area contributed by atoms with E-state index in [1.54, 1.807) is 0 Å². The molecule has 0 atom stereocenters. The lowest BCUT2D eigenvalue weighted by molar-refractivity contribution is -0.140. The molecule has 0 radical (unpaired) electrons. The Bertz CT molecular complexity index is 219. The summed E-state index contributed by atoms with van der Waals surface area (Å²) < 4.78 is 4.58. The van der Waals surface area contributed by atoms with Crippen molar-refractivity contribution in [1.82, 2.24) is 5.32 Å². The molecular formula is C11H21NO2. The molecule has 0 heterocycles. The van der Waals surface area contributed by atoms with Gasteiger partial charge in [0.2, 0.25) is 0 Å². The summed E-state index contributed by atoms with van der Waals surface area (Å²) in [5, 5.41) is 3.40. The van der Waals surface area contributed by atoms with Gasteiger partial charge in [0.1, 0.15) is 0 Å². The molecule has 0 aliphatic heterocycles. The molecule has 82 valence electrons. The average Bonchev–Trinajstić information content (AvgIpc) is 2.47. The molecule has 0 saturated heterocycles. The highest BCUT2D eigenvalue weighted by atomic mass is 16.5. The maximum absolute atomic E-state index is 10.9. The standard InChI is InChI=1S/C11H21NO2/c1-10(2)9(11(10,3)4)12-7-6-8(13)14-5/h9,12H,6-7H2,1-5H3. The number of carbonyl (C=O) groups excluding carboxylic acids is 1. The molecule has 1 rings (SSSR count). The van der Waals surface area contributed by atoms with Crippen LogP contribution in [0.4, 0.5) is 0 Å². The first kappa shape index (κ1) is 11.5. The molecule has 0 amide bonds. The number of rotatable bonds is 4. The van der Waals surface area contributed by atoms with E-state index in [9.17, 15) is 4.79 Å². The van der Waals surface area contributed by atoms with Crippen LogP contribution in [0.3, 0.4) is 0 Å². The molecule has 14 heavy (non-hydrogen) atoms. The third kappa shape index (κ3) is 1.78. The predicted molar refractivity (Wildman–Crippen MR) is 56.0 cm³/mol. The van der Waals surface area contributed by atoms with Crippen LogP contribution in [0.25, 0.3) is 0 Å². The van der Waals surface area contributed by atoms with Crippen LogP contribution in [-0.4, -0.2) is 25.7 Å². The fourth-order valence-electron chi connectivity index (χ4n) is 2.13. The fraction of sp³-hybridized carbons (Fsp3) is 0.909. The van der Waals surface area contributed by atoms with Crippen molar-refractivity contribution >= 4 is 5.97 Å². The van der Waals surface area contributed by atoms with E-state index in [4.69, 9.17) is 0 Å². The Morgan fingerprint density at radius 3 is 2.14 bits per heavy atom. The topological polar surface area (TPSA) is 38.3 Å². The SMILES string of the molecule is COC(=O)CCNC1C(C)(C)C1(C)C. The first-order valence-corrected chi connectivity index (χ1v) is 5.14. The summed E-state index contributed by atoms with van der Waals surface area (Å²) in [5.41, 5.74) is 0.673. The summed E-state index contributed by atoms with van der Waals surface area (Å²) in [5.74, 6) is -0.145. The molecule has 0 aromatic carbocycles. The third-order valence-electron chi connectivity index (χ3n) is 3.93. The molecule has 0 aromatic rings. The van der Waals surface area contributed by atoms with Crippen LogP contribution in [0.2, 0.25) is 0 Å². The summed E-state index contributed by atoms with van der Waals surface area (Å²) in [4.78, 5) is 10.9. The molecule has 3 heteroatoms. The van der Waals surface area contributed by atoms with Gasteiger partial charge in [0.05, 0.1) is 13.5 Å². The molecule has 0 bridgehead atoms. The molecule has 1 saturated carbocycles. The lowest BCUT2D eigenvalue weighted by Crippen LogP contribution is -2.25. The van der Waals surface area contributed by atoms with E-state index in [1.165, 1.54) is 7.11 Å². The Kier molecular flexibility index (Phi) is 2.91. The first-order valence-electron chi connectivity index (χ1n) is 5.14. The van der Waals surface area contributed by atoms with Crippen LogP contribution in [-0.2, 0) is 9.53 Å². The van der Waals surface area contributed by atoms with Crippen molar-refractivity contribution in [2.75, 3.05) is 13.7 Å². The average molecular weight is 199 g/mol. The van der Waals surface area contributed by atoms with E-state index in [2.05, 4.69) is 37.7 Å². The molecule has 1 N–H and O–H groups in total. The number of carbonyl (C=O) groups is 1. The summed E-state index contributed by atoms with van der Waals surface area (Å²) in [6, 6.07) is 0.514. The maximum Gasteiger partial charge on any atom is 0.306 e. The highest BCUT2D eigenvalue weighted by Crippen LogP contribution is 2.62. The largest absolute Gasteiger partial charge is 0.469 e. The molecule has 1 aliphatic rings. The van der Waals surface area contributed by atoms with Crippen molar-refractivity contribution in [3.8, 4) is 0 Å². The maximum atomic E-state index is 10.9. The van der Waals surface area contributed by atoms with Gasteiger partial charge in [-0.05, 0) is 10.8 Å². The third-order valence-corrected chi connectivity index (χ3v) is 3.93. The zero-order valence-electron chi connectivity index (χ0n) is 9.81. The highest BCUT2D eigenvalue weighted by Gasteiger charge is 2.64. The summed E-state index contributed by atoms with van der Waals surface area (Å²) >= 11 is 0.